The van der Waals surface area contributed by atoms with Gasteiger partial charge in [0.25, 0.3) is 0 Å². The fraction of sp³-hybridized carbons (Fsp3) is 0.500. The van der Waals surface area contributed by atoms with E-state index >= 15 is 0 Å². The number of carbonyl (C=O) groups is 2. The number of aryl methyl sites for hydroxylation is 1. The van der Waals surface area contributed by atoms with Crippen LogP contribution in [0, 0.1) is 16.4 Å². The van der Waals surface area contributed by atoms with Gasteiger partial charge in [-0.1, -0.05) is 42.7 Å². The van der Waals surface area contributed by atoms with Gasteiger partial charge in [0.15, 0.2) is 11.5 Å². The van der Waals surface area contributed by atoms with Crippen LogP contribution >= 0.6 is 22.6 Å². The lowest BCUT2D eigenvalue weighted by Crippen LogP contribution is -2.55. The number of ether oxygens (including phenoxy) is 2. The first-order valence-corrected chi connectivity index (χ1v) is 15.6. The molecule has 4 rings (SSSR count). The number of hydrogen-bond donors (Lipinski definition) is 4. The molecule has 0 aromatic heterocycles. The molecule has 0 radical (unpaired) electrons. The highest BCUT2D eigenvalue weighted by Gasteiger charge is 2.41. The fourth-order valence-corrected chi connectivity index (χ4v) is 6.55. The van der Waals surface area contributed by atoms with Gasteiger partial charge in [-0.3, -0.25) is 9.59 Å². The minimum Gasteiger partial charge on any atom is -0.493 e. The molecule has 2 aromatic rings. The van der Waals surface area contributed by atoms with Crippen LogP contribution in [0.25, 0.3) is 0 Å². The molecule has 2 aliphatic rings. The number of hydrogen-bond acceptors (Lipinski definition) is 7. The van der Waals surface area contributed by atoms with Crippen molar-refractivity contribution in [2.75, 3.05) is 20.3 Å². The van der Waals surface area contributed by atoms with Crippen molar-refractivity contribution in [1.29, 1.82) is 0 Å². The van der Waals surface area contributed by atoms with E-state index in [0.29, 0.717) is 38.5 Å². The van der Waals surface area contributed by atoms with Crippen LogP contribution in [0.2, 0.25) is 0 Å². The molecular formula is C32H41IN2O7. The van der Waals surface area contributed by atoms with Crippen molar-refractivity contribution in [2.45, 2.75) is 76.9 Å². The fourth-order valence-electron chi connectivity index (χ4n) is 5.75. The highest BCUT2D eigenvalue weighted by Crippen LogP contribution is 2.38. The van der Waals surface area contributed by atoms with E-state index in [9.17, 15) is 24.9 Å². The second-order valence-electron chi connectivity index (χ2n) is 11.1. The number of benzene rings is 2. The molecular weight excluding hydrogens is 651 g/mol. The normalized spacial score (nSPS) is 20.6. The van der Waals surface area contributed by atoms with Crippen molar-refractivity contribution in [3.8, 4) is 11.5 Å². The molecule has 2 aliphatic carbocycles. The number of halogens is 1. The second-order valence-corrected chi connectivity index (χ2v) is 12.3. The lowest BCUT2D eigenvalue weighted by Gasteiger charge is -2.41. The molecule has 2 amide bonds. The summed E-state index contributed by atoms with van der Waals surface area (Å²) in [6.45, 7) is 1.99. The molecule has 2 aromatic carbocycles. The molecule has 4 N–H and O–H groups in total. The van der Waals surface area contributed by atoms with Gasteiger partial charge < -0.3 is 35.0 Å². The highest BCUT2D eigenvalue weighted by molar-refractivity contribution is 14.1. The van der Waals surface area contributed by atoms with Crippen LogP contribution < -0.4 is 14.8 Å². The van der Waals surface area contributed by atoms with Crippen molar-refractivity contribution in [2.24, 2.45) is 5.92 Å². The number of nitrogens with zero attached hydrogens (tertiary/aromatic N) is 1. The number of aliphatic hydroxyl groups excluding tert-OH is 3. The van der Waals surface area contributed by atoms with Crippen molar-refractivity contribution in [3.05, 3.63) is 68.3 Å². The summed E-state index contributed by atoms with van der Waals surface area (Å²) in [5.41, 5.74) is 3.05. The van der Waals surface area contributed by atoms with E-state index in [1.807, 2.05) is 31.2 Å². The van der Waals surface area contributed by atoms with Crippen LogP contribution in [0.1, 0.15) is 55.2 Å². The molecule has 0 unspecified atom stereocenters. The lowest BCUT2D eigenvalue weighted by molar-refractivity contribution is -0.140. The molecule has 0 aliphatic heterocycles. The zero-order chi connectivity index (χ0) is 30.2. The first-order valence-electron chi connectivity index (χ1n) is 14.5. The minimum atomic E-state index is -1.14. The predicted molar refractivity (Wildman–Crippen MR) is 167 cm³/mol. The van der Waals surface area contributed by atoms with Crippen molar-refractivity contribution >= 4 is 34.4 Å². The van der Waals surface area contributed by atoms with Gasteiger partial charge in [-0.25, -0.2) is 0 Å². The SMILES string of the molecule is COc1cc(CO)cc(I)c1O[C@H]1C=C(C(=O)NCCO)C[C@@H](N(Cc2ccc(C)cc2)C(=O)CC2CCCC2)[C@@H]1O. The number of carbonyl (C=O) groups excluding carboxylic acids is 2. The molecule has 0 saturated heterocycles. The minimum absolute atomic E-state index is 0.0539. The molecule has 1 saturated carbocycles. The summed E-state index contributed by atoms with van der Waals surface area (Å²) in [6, 6.07) is 10.7. The van der Waals surface area contributed by atoms with Gasteiger partial charge >= 0.3 is 0 Å². The Kier molecular flexibility index (Phi) is 11.7. The molecule has 0 spiro atoms. The summed E-state index contributed by atoms with van der Waals surface area (Å²) in [7, 11) is 1.49. The molecule has 3 atom stereocenters. The molecule has 1 fully saturated rings. The van der Waals surface area contributed by atoms with Crippen LogP contribution in [0.3, 0.4) is 0 Å². The van der Waals surface area contributed by atoms with E-state index in [1.165, 1.54) is 7.11 Å². The van der Waals surface area contributed by atoms with Crippen molar-refractivity contribution in [1.82, 2.24) is 10.2 Å². The first-order chi connectivity index (χ1) is 20.2. The van der Waals surface area contributed by atoms with Gasteiger partial charge in [-0.2, -0.15) is 0 Å². The van der Waals surface area contributed by atoms with E-state index in [4.69, 9.17) is 9.47 Å². The maximum absolute atomic E-state index is 13.9. The van der Waals surface area contributed by atoms with Gasteiger partial charge in [0.05, 0.1) is 29.9 Å². The Morgan fingerprint density at radius 1 is 1.10 bits per heavy atom. The molecule has 9 nitrogen and oxygen atoms in total. The standard InChI is InChI=1S/C32H41IN2O7/c1-20-7-9-22(10-8-20)18-35(29(38)15-21-5-3-4-6-21)26-16-24(32(40)34-11-12-36)17-27(30(26)39)42-31-25(33)13-23(19-37)14-28(31)41-2/h7-10,13-14,17,21,26-27,30,36-37,39H,3-6,11-12,15-16,18-19H2,1-2H3,(H,34,40)/t26-,27+,30+/m1/s1. The Morgan fingerprint density at radius 2 is 1.81 bits per heavy atom. The van der Waals surface area contributed by atoms with E-state index in [-0.39, 0.29) is 44.5 Å². The van der Waals surface area contributed by atoms with E-state index in [0.717, 1.165) is 36.8 Å². The monoisotopic (exact) mass is 692 g/mol. The summed E-state index contributed by atoms with van der Waals surface area (Å²) in [5, 5.41) is 33.4. The van der Waals surface area contributed by atoms with E-state index in [2.05, 4.69) is 27.9 Å². The van der Waals surface area contributed by atoms with Gasteiger partial charge in [0, 0.05) is 31.5 Å². The Balaban J connectivity index is 1.71. The summed E-state index contributed by atoms with van der Waals surface area (Å²) in [4.78, 5) is 28.8. The van der Waals surface area contributed by atoms with Crippen LogP contribution in [0.5, 0.6) is 11.5 Å². The lowest BCUT2D eigenvalue weighted by atomic mass is 9.87. The van der Waals surface area contributed by atoms with Crippen molar-refractivity contribution in [3.63, 3.8) is 0 Å². The van der Waals surface area contributed by atoms with E-state index in [1.54, 1.807) is 23.1 Å². The van der Waals surface area contributed by atoms with Crippen LogP contribution in [-0.2, 0) is 22.7 Å². The van der Waals surface area contributed by atoms with Gasteiger partial charge in [0.2, 0.25) is 11.8 Å². The van der Waals surface area contributed by atoms with Crippen LogP contribution in [0.15, 0.2) is 48.0 Å². The number of aliphatic hydroxyl groups is 3. The maximum atomic E-state index is 13.9. The molecule has 0 heterocycles. The molecule has 228 valence electrons. The predicted octanol–water partition coefficient (Wildman–Crippen LogP) is 3.63. The van der Waals surface area contributed by atoms with Crippen LogP contribution in [0.4, 0.5) is 0 Å². The van der Waals surface area contributed by atoms with Crippen molar-refractivity contribution < 1.29 is 34.4 Å². The smallest absolute Gasteiger partial charge is 0.247 e. The molecule has 42 heavy (non-hydrogen) atoms. The summed E-state index contributed by atoms with van der Waals surface area (Å²) in [5.74, 6) is 0.624. The average molecular weight is 693 g/mol. The van der Waals surface area contributed by atoms with Gasteiger partial charge in [-0.15, -0.1) is 0 Å². The zero-order valence-corrected chi connectivity index (χ0v) is 26.4. The Bertz CT molecular complexity index is 1260. The average Bonchev–Trinajstić information content (AvgIpc) is 3.50. The summed E-state index contributed by atoms with van der Waals surface area (Å²) in [6.07, 6.45) is 4.27. The topological polar surface area (TPSA) is 129 Å². The second kappa shape index (κ2) is 15.2. The quantitative estimate of drug-likeness (QED) is 0.250. The zero-order valence-electron chi connectivity index (χ0n) is 24.2. The van der Waals surface area contributed by atoms with Crippen LogP contribution in [-0.4, -0.2) is 70.5 Å². The summed E-state index contributed by atoms with van der Waals surface area (Å²) >= 11 is 2.08. The molecule has 0 bridgehead atoms. The Labute approximate surface area is 261 Å². The third-order valence-corrected chi connectivity index (χ3v) is 8.87. The van der Waals surface area contributed by atoms with Gasteiger partial charge in [0.1, 0.15) is 12.2 Å². The summed E-state index contributed by atoms with van der Waals surface area (Å²) < 4.78 is 12.6. The maximum Gasteiger partial charge on any atom is 0.247 e. The Hall–Kier alpha value is -2.67. The third-order valence-electron chi connectivity index (χ3n) is 8.07. The number of nitrogens with one attached hydrogen (secondary N) is 1. The van der Waals surface area contributed by atoms with E-state index < -0.39 is 18.2 Å². The molecule has 10 heteroatoms. The number of rotatable bonds is 12. The Morgan fingerprint density at radius 3 is 2.45 bits per heavy atom. The first kappa shape index (κ1) is 32.2. The largest absolute Gasteiger partial charge is 0.493 e. The number of methoxy groups -OCH3 is 1. The third kappa shape index (κ3) is 8.03. The van der Waals surface area contributed by atoms with Gasteiger partial charge in [-0.05, 0) is 77.6 Å². The number of amides is 2. The highest BCUT2D eigenvalue weighted by atomic mass is 127.